The number of rotatable bonds is 1. The van der Waals surface area contributed by atoms with Crippen molar-refractivity contribution < 1.29 is 4.79 Å². The zero-order chi connectivity index (χ0) is 11.5. The van der Waals surface area contributed by atoms with E-state index in [2.05, 4.69) is 25.6 Å². The third kappa shape index (κ3) is 2.47. The highest BCUT2D eigenvalue weighted by atomic mass is 32.1. The van der Waals surface area contributed by atoms with Gasteiger partial charge in [0.15, 0.2) is 0 Å². The molecule has 1 amide bonds. The lowest BCUT2D eigenvalue weighted by atomic mass is 10.1. The smallest absolute Gasteiger partial charge is 0.254 e. The molecule has 0 saturated carbocycles. The van der Waals surface area contributed by atoms with Crippen LogP contribution >= 0.6 is 12.6 Å². The van der Waals surface area contributed by atoms with Crippen LogP contribution in [0.5, 0.6) is 0 Å². The maximum absolute atomic E-state index is 12.1. The molecule has 0 saturated heterocycles. The van der Waals surface area contributed by atoms with Crippen molar-refractivity contribution in [2.45, 2.75) is 18.2 Å². The second-order valence-electron chi connectivity index (χ2n) is 4.10. The minimum Gasteiger partial charge on any atom is -0.335 e. The van der Waals surface area contributed by atoms with Crippen LogP contribution in [0, 0.1) is 0 Å². The van der Waals surface area contributed by atoms with E-state index in [9.17, 15) is 4.79 Å². The Kier molecular flexibility index (Phi) is 3.34. The van der Waals surface area contributed by atoms with Gasteiger partial charge in [0.25, 0.3) is 5.91 Å². The molecular formula is C13H15NOS. The number of benzene rings is 1. The second-order valence-corrected chi connectivity index (χ2v) is 4.61. The molecule has 1 aliphatic rings. The van der Waals surface area contributed by atoms with Gasteiger partial charge < -0.3 is 4.90 Å². The number of thiol groups is 1. The quantitative estimate of drug-likeness (QED) is 0.584. The normalized spacial score (nSPS) is 15.9. The van der Waals surface area contributed by atoms with E-state index in [1.165, 1.54) is 5.57 Å². The molecule has 1 aromatic rings. The molecule has 0 radical (unpaired) electrons. The SMILES string of the molecule is CC1=CCN(C(=O)c2ccc(S)cc2)CC1. The molecule has 0 spiro atoms. The molecule has 1 aliphatic heterocycles. The molecule has 2 rings (SSSR count). The lowest BCUT2D eigenvalue weighted by Crippen LogP contribution is -2.34. The van der Waals surface area contributed by atoms with Crippen molar-refractivity contribution in [1.29, 1.82) is 0 Å². The van der Waals surface area contributed by atoms with Gasteiger partial charge in [0, 0.05) is 23.5 Å². The van der Waals surface area contributed by atoms with Crippen LogP contribution in [0.2, 0.25) is 0 Å². The van der Waals surface area contributed by atoms with Crippen molar-refractivity contribution in [3.63, 3.8) is 0 Å². The highest BCUT2D eigenvalue weighted by Gasteiger charge is 2.16. The van der Waals surface area contributed by atoms with Crippen molar-refractivity contribution in [2.24, 2.45) is 0 Å². The number of carbonyl (C=O) groups excluding carboxylic acids is 1. The summed E-state index contributed by atoms with van der Waals surface area (Å²) in [4.78, 5) is 14.8. The Balaban J connectivity index is 2.11. The highest BCUT2D eigenvalue weighted by molar-refractivity contribution is 7.80. The fourth-order valence-electron chi connectivity index (χ4n) is 1.74. The van der Waals surface area contributed by atoms with Crippen LogP contribution in [-0.4, -0.2) is 23.9 Å². The number of amides is 1. The Hall–Kier alpha value is -1.22. The molecular weight excluding hydrogens is 218 g/mol. The van der Waals surface area contributed by atoms with E-state index in [4.69, 9.17) is 0 Å². The zero-order valence-electron chi connectivity index (χ0n) is 9.31. The topological polar surface area (TPSA) is 20.3 Å². The third-order valence-corrected chi connectivity index (χ3v) is 3.14. The van der Waals surface area contributed by atoms with E-state index in [-0.39, 0.29) is 5.91 Å². The summed E-state index contributed by atoms with van der Waals surface area (Å²) in [5.74, 6) is 0.108. The van der Waals surface area contributed by atoms with Crippen LogP contribution in [0.4, 0.5) is 0 Å². The Morgan fingerprint density at radius 1 is 1.31 bits per heavy atom. The Morgan fingerprint density at radius 2 is 2.00 bits per heavy atom. The summed E-state index contributed by atoms with van der Waals surface area (Å²) in [6.45, 7) is 3.66. The maximum Gasteiger partial charge on any atom is 0.254 e. The van der Waals surface area contributed by atoms with Crippen molar-refractivity contribution in [3.8, 4) is 0 Å². The molecule has 0 unspecified atom stereocenters. The van der Waals surface area contributed by atoms with Crippen LogP contribution in [0.15, 0.2) is 40.8 Å². The maximum atomic E-state index is 12.1. The van der Waals surface area contributed by atoms with Crippen molar-refractivity contribution >= 4 is 18.5 Å². The van der Waals surface area contributed by atoms with Crippen LogP contribution in [0.1, 0.15) is 23.7 Å². The predicted octanol–water partition coefficient (Wildman–Crippen LogP) is 2.77. The average Bonchev–Trinajstić information content (AvgIpc) is 2.30. The first-order valence-corrected chi connectivity index (χ1v) is 5.85. The predicted molar refractivity (Wildman–Crippen MR) is 68.0 cm³/mol. The molecule has 0 aromatic heterocycles. The van der Waals surface area contributed by atoms with E-state index in [0.717, 1.165) is 30.0 Å². The van der Waals surface area contributed by atoms with Crippen LogP contribution in [-0.2, 0) is 0 Å². The van der Waals surface area contributed by atoms with Gasteiger partial charge >= 0.3 is 0 Å². The summed E-state index contributed by atoms with van der Waals surface area (Å²) in [5.41, 5.74) is 2.11. The highest BCUT2D eigenvalue weighted by Crippen LogP contribution is 2.14. The number of nitrogens with zero attached hydrogens (tertiary/aromatic N) is 1. The number of hydrogen-bond donors (Lipinski definition) is 1. The molecule has 2 nitrogen and oxygen atoms in total. The van der Waals surface area contributed by atoms with Gasteiger partial charge in [-0.15, -0.1) is 12.6 Å². The summed E-state index contributed by atoms with van der Waals surface area (Å²) in [6.07, 6.45) is 3.10. The Labute approximate surface area is 101 Å². The van der Waals surface area contributed by atoms with Gasteiger partial charge in [-0.1, -0.05) is 11.6 Å². The van der Waals surface area contributed by atoms with E-state index in [1.54, 1.807) is 0 Å². The number of hydrogen-bond acceptors (Lipinski definition) is 2. The van der Waals surface area contributed by atoms with Gasteiger partial charge in [0.05, 0.1) is 0 Å². The van der Waals surface area contributed by atoms with Gasteiger partial charge in [0.1, 0.15) is 0 Å². The molecule has 0 bridgehead atoms. The molecule has 0 aliphatic carbocycles. The standard InChI is InChI=1S/C13H15NOS/c1-10-6-8-14(9-7-10)13(15)11-2-4-12(16)5-3-11/h2-6,16H,7-9H2,1H3. The molecule has 0 atom stereocenters. The third-order valence-electron chi connectivity index (χ3n) is 2.84. The molecule has 16 heavy (non-hydrogen) atoms. The molecule has 0 N–H and O–H groups in total. The van der Waals surface area contributed by atoms with Crippen molar-refractivity contribution in [1.82, 2.24) is 4.90 Å². The molecule has 0 fully saturated rings. The lowest BCUT2D eigenvalue weighted by Gasteiger charge is -2.25. The summed E-state index contributed by atoms with van der Waals surface area (Å²) in [7, 11) is 0. The summed E-state index contributed by atoms with van der Waals surface area (Å²) >= 11 is 4.20. The van der Waals surface area contributed by atoms with Gasteiger partial charge in [-0.05, 0) is 37.6 Å². The molecule has 1 aromatic carbocycles. The van der Waals surface area contributed by atoms with Gasteiger partial charge in [0.2, 0.25) is 0 Å². The first kappa shape index (κ1) is 11.3. The largest absolute Gasteiger partial charge is 0.335 e. The molecule has 84 valence electrons. The lowest BCUT2D eigenvalue weighted by molar-refractivity contribution is 0.0769. The van der Waals surface area contributed by atoms with Crippen molar-refractivity contribution in [3.05, 3.63) is 41.5 Å². The van der Waals surface area contributed by atoms with E-state index in [1.807, 2.05) is 29.2 Å². The first-order valence-electron chi connectivity index (χ1n) is 5.41. The summed E-state index contributed by atoms with van der Waals surface area (Å²) < 4.78 is 0. The molecule has 3 heteroatoms. The van der Waals surface area contributed by atoms with Crippen LogP contribution in [0.25, 0.3) is 0 Å². The zero-order valence-corrected chi connectivity index (χ0v) is 10.2. The molecule has 1 heterocycles. The monoisotopic (exact) mass is 233 g/mol. The van der Waals surface area contributed by atoms with E-state index >= 15 is 0 Å². The van der Waals surface area contributed by atoms with Crippen molar-refractivity contribution in [2.75, 3.05) is 13.1 Å². The van der Waals surface area contributed by atoms with Gasteiger partial charge in [-0.25, -0.2) is 0 Å². The second kappa shape index (κ2) is 4.74. The minimum atomic E-state index is 0.108. The number of carbonyl (C=O) groups is 1. The summed E-state index contributed by atoms with van der Waals surface area (Å²) in [6, 6.07) is 7.36. The van der Waals surface area contributed by atoms with Crippen LogP contribution < -0.4 is 0 Å². The first-order chi connectivity index (χ1) is 7.66. The fraction of sp³-hybridized carbons (Fsp3) is 0.308. The Morgan fingerprint density at radius 3 is 2.56 bits per heavy atom. The average molecular weight is 233 g/mol. The fourth-order valence-corrected chi connectivity index (χ4v) is 1.89. The Bertz CT molecular complexity index is 422. The van der Waals surface area contributed by atoms with E-state index in [0.29, 0.717) is 0 Å². The van der Waals surface area contributed by atoms with Crippen LogP contribution in [0.3, 0.4) is 0 Å². The van der Waals surface area contributed by atoms with Gasteiger partial charge in [-0.3, -0.25) is 4.79 Å². The minimum absolute atomic E-state index is 0.108. The van der Waals surface area contributed by atoms with Gasteiger partial charge in [-0.2, -0.15) is 0 Å². The van der Waals surface area contributed by atoms with E-state index < -0.39 is 0 Å². The summed E-state index contributed by atoms with van der Waals surface area (Å²) in [5, 5.41) is 0.